The van der Waals surface area contributed by atoms with Gasteiger partial charge in [-0.15, -0.1) is 13.2 Å². The SMILES string of the molecule is CCCC(NCc1ccc(OC(F)(F)F)cc1)C(=O)O. The number of ether oxygens (including phenoxy) is 1. The van der Waals surface area contributed by atoms with E-state index in [-0.39, 0.29) is 12.3 Å². The maximum absolute atomic E-state index is 12.0. The lowest BCUT2D eigenvalue weighted by molar-refractivity contribution is -0.274. The lowest BCUT2D eigenvalue weighted by Gasteiger charge is -2.14. The van der Waals surface area contributed by atoms with E-state index < -0.39 is 18.4 Å². The normalized spacial score (nSPS) is 13.0. The summed E-state index contributed by atoms with van der Waals surface area (Å²) in [5.41, 5.74) is 0.682. The first kappa shape index (κ1) is 16.3. The number of carboxylic acid groups (broad SMARTS) is 1. The molecule has 2 N–H and O–H groups in total. The van der Waals surface area contributed by atoms with Crippen molar-refractivity contribution < 1.29 is 27.8 Å². The molecule has 0 saturated carbocycles. The number of nitrogens with one attached hydrogen (secondary N) is 1. The van der Waals surface area contributed by atoms with Crippen molar-refractivity contribution in [1.29, 1.82) is 0 Å². The molecule has 0 aromatic heterocycles. The van der Waals surface area contributed by atoms with Crippen LogP contribution in [0.1, 0.15) is 25.3 Å². The maximum atomic E-state index is 12.0. The highest BCUT2D eigenvalue weighted by Gasteiger charge is 2.30. The monoisotopic (exact) mass is 291 g/mol. The lowest BCUT2D eigenvalue weighted by atomic mass is 10.1. The third-order valence-corrected chi connectivity index (χ3v) is 2.58. The van der Waals surface area contributed by atoms with Crippen molar-refractivity contribution in [2.45, 2.75) is 38.7 Å². The standard InChI is InChI=1S/C13H16F3NO3/c1-2-3-11(12(18)19)17-8-9-4-6-10(7-5-9)20-13(14,15)16/h4-7,11,17H,2-3,8H2,1H3,(H,18,19). The van der Waals surface area contributed by atoms with Gasteiger partial charge in [-0.3, -0.25) is 4.79 Å². The number of aliphatic carboxylic acids is 1. The van der Waals surface area contributed by atoms with Crippen LogP contribution in [0.5, 0.6) is 5.75 Å². The molecule has 0 amide bonds. The third kappa shape index (κ3) is 5.92. The fourth-order valence-electron chi connectivity index (χ4n) is 1.65. The van der Waals surface area contributed by atoms with Crippen LogP contribution in [-0.4, -0.2) is 23.5 Å². The highest BCUT2D eigenvalue weighted by molar-refractivity contribution is 5.73. The molecular formula is C13H16F3NO3. The number of halogens is 3. The van der Waals surface area contributed by atoms with Crippen LogP contribution in [0.15, 0.2) is 24.3 Å². The van der Waals surface area contributed by atoms with Crippen molar-refractivity contribution in [2.24, 2.45) is 0 Å². The van der Waals surface area contributed by atoms with Gasteiger partial charge in [0.25, 0.3) is 0 Å². The van der Waals surface area contributed by atoms with E-state index in [1.807, 2.05) is 6.92 Å². The van der Waals surface area contributed by atoms with Gasteiger partial charge in [-0.1, -0.05) is 25.5 Å². The Kier molecular flexibility index (Phi) is 5.82. The predicted molar refractivity (Wildman–Crippen MR) is 66.3 cm³/mol. The molecule has 20 heavy (non-hydrogen) atoms. The molecule has 1 unspecified atom stereocenters. The summed E-state index contributed by atoms with van der Waals surface area (Å²) >= 11 is 0. The molecule has 1 rings (SSSR count). The predicted octanol–water partition coefficient (Wildman–Crippen LogP) is 2.93. The molecule has 1 aromatic rings. The van der Waals surface area contributed by atoms with Crippen molar-refractivity contribution in [3.8, 4) is 5.75 Å². The van der Waals surface area contributed by atoms with Crippen molar-refractivity contribution in [2.75, 3.05) is 0 Å². The molecular weight excluding hydrogens is 275 g/mol. The summed E-state index contributed by atoms with van der Waals surface area (Å²) in [6.45, 7) is 2.14. The summed E-state index contributed by atoms with van der Waals surface area (Å²) in [4.78, 5) is 10.9. The third-order valence-electron chi connectivity index (χ3n) is 2.58. The van der Waals surface area contributed by atoms with Crippen LogP contribution in [0.2, 0.25) is 0 Å². The summed E-state index contributed by atoms with van der Waals surface area (Å²) in [5, 5.41) is 11.8. The second-order valence-electron chi connectivity index (χ2n) is 4.25. The fourth-order valence-corrected chi connectivity index (χ4v) is 1.65. The number of rotatable bonds is 7. The van der Waals surface area contributed by atoms with Crippen LogP contribution >= 0.6 is 0 Å². The molecule has 0 heterocycles. The Morgan fingerprint density at radius 1 is 1.35 bits per heavy atom. The second-order valence-corrected chi connectivity index (χ2v) is 4.25. The molecule has 1 aromatic carbocycles. The minimum atomic E-state index is -4.71. The first-order chi connectivity index (χ1) is 9.31. The minimum absolute atomic E-state index is 0.267. The Morgan fingerprint density at radius 3 is 2.40 bits per heavy atom. The van der Waals surface area contributed by atoms with Crippen LogP contribution in [-0.2, 0) is 11.3 Å². The first-order valence-electron chi connectivity index (χ1n) is 6.12. The molecule has 0 saturated heterocycles. The van der Waals surface area contributed by atoms with Gasteiger partial charge < -0.3 is 15.2 Å². The first-order valence-corrected chi connectivity index (χ1v) is 6.12. The molecule has 112 valence electrons. The zero-order valence-corrected chi connectivity index (χ0v) is 10.9. The molecule has 0 bridgehead atoms. The largest absolute Gasteiger partial charge is 0.573 e. The van der Waals surface area contributed by atoms with Gasteiger partial charge in [-0.25, -0.2) is 0 Å². The van der Waals surface area contributed by atoms with E-state index in [2.05, 4.69) is 10.1 Å². The zero-order chi connectivity index (χ0) is 15.2. The number of hydrogen-bond donors (Lipinski definition) is 2. The van der Waals surface area contributed by atoms with Crippen molar-refractivity contribution >= 4 is 5.97 Å². The van der Waals surface area contributed by atoms with Crippen molar-refractivity contribution in [3.63, 3.8) is 0 Å². The molecule has 0 radical (unpaired) electrons. The van der Waals surface area contributed by atoms with Crippen molar-refractivity contribution in [3.05, 3.63) is 29.8 Å². The smallest absolute Gasteiger partial charge is 0.480 e. The Bertz CT molecular complexity index is 431. The van der Waals surface area contributed by atoms with Crippen LogP contribution in [0, 0.1) is 0 Å². The van der Waals surface area contributed by atoms with Crippen LogP contribution < -0.4 is 10.1 Å². The van der Waals surface area contributed by atoms with Gasteiger partial charge in [0.1, 0.15) is 11.8 Å². The van der Waals surface area contributed by atoms with Gasteiger partial charge in [0, 0.05) is 6.54 Å². The van der Waals surface area contributed by atoms with E-state index in [1.165, 1.54) is 24.3 Å². The molecule has 0 aliphatic rings. The highest BCUT2D eigenvalue weighted by atomic mass is 19.4. The average molecular weight is 291 g/mol. The minimum Gasteiger partial charge on any atom is -0.480 e. The van der Waals surface area contributed by atoms with Crippen LogP contribution in [0.3, 0.4) is 0 Å². The Balaban J connectivity index is 2.55. The number of alkyl halides is 3. The van der Waals surface area contributed by atoms with Gasteiger partial charge in [0.15, 0.2) is 0 Å². The van der Waals surface area contributed by atoms with E-state index in [0.29, 0.717) is 12.0 Å². The molecule has 0 spiro atoms. The van der Waals surface area contributed by atoms with Gasteiger partial charge in [-0.05, 0) is 24.1 Å². The number of hydrogen-bond acceptors (Lipinski definition) is 3. The summed E-state index contributed by atoms with van der Waals surface area (Å²) in [5.74, 6) is -1.24. The average Bonchev–Trinajstić information content (AvgIpc) is 2.34. The number of carboxylic acids is 1. The molecule has 4 nitrogen and oxygen atoms in total. The van der Waals surface area contributed by atoms with Gasteiger partial charge in [0.05, 0.1) is 0 Å². The summed E-state index contributed by atoms with van der Waals surface area (Å²) < 4.78 is 39.7. The Hall–Kier alpha value is -1.76. The van der Waals surface area contributed by atoms with E-state index in [0.717, 1.165) is 6.42 Å². The highest BCUT2D eigenvalue weighted by Crippen LogP contribution is 2.22. The zero-order valence-electron chi connectivity index (χ0n) is 10.9. The van der Waals surface area contributed by atoms with E-state index in [9.17, 15) is 18.0 Å². The lowest BCUT2D eigenvalue weighted by Crippen LogP contribution is -2.35. The van der Waals surface area contributed by atoms with E-state index in [4.69, 9.17) is 5.11 Å². The van der Waals surface area contributed by atoms with Gasteiger partial charge in [0.2, 0.25) is 0 Å². The molecule has 0 aliphatic carbocycles. The fraction of sp³-hybridized carbons (Fsp3) is 0.462. The van der Waals surface area contributed by atoms with E-state index in [1.54, 1.807) is 0 Å². The molecule has 1 atom stereocenters. The number of carbonyl (C=O) groups is 1. The van der Waals surface area contributed by atoms with Crippen molar-refractivity contribution in [1.82, 2.24) is 5.32 Å². The van der Waals surface area contributed by atoms with Gasteiger partial charge >= 0.3 is 12.3 Å². The van der Waals surface area contributed by atoms with Crippen LogP contribution in [0.25, 0.3) is 0 Å². The maximum Gasteiger partial charge on any atom is 0.573 e. The molecule has 0 aliphatic heterocycles. The summed E-state index contributed by atoms with van der Waals surface area (Å²) in [6.07, 6.45) is -3.50. The topological polar surface area (TPSA) is 58.6 Å². The number of benzene rings is 1. The Labute approximate surface area is 114 Å². The van der Waals surface area contributed by atoms with Gasteiger partial charge in [-0.2, -0.15) is 0 Å². The Morgan fingerprint density at radius 2 is 1.95 bits per heavy atom. The summed E-state index contributed by atoms with van der Waals surface area (Å²) in [6, 6.07) is 4.64. The second kappa shape index (κ2) is 7.14. The van der Waals surface area contributed by atoms with E-state index >= 15 is 0 Å². The quantitative estimate of drug-likeness (QED) is 0.811. The molecule has 0 fully saturated rings. The van der Waals surface area contributed by atoms with Crippen LogP contribution in [0.4, 0.5) is 13.2 Å². The molecule has 7 heteroatoms. The summed E-state index contributed by atoms with van der Waals surface area (Å²) in [7, 11) is 0.